The van der Waals surface area contributed by atoms with Crippen LogP contribution in [0.4, 0.5) is 0 Å². The second-order valence-electron chi connectivity index (χ2n) is 4.15. The first-order chi connectivity index (χ1) is 8.60. The highest BCUT2D eigenvalue weighted by molar-refractivity contribution is 9.10. The van der Waals surface area contributed by atoms with Crippen LogP contribution in [0, 0.1) is 25.2 Å². The zero-order chi connectivity index (χ0) is 13.1. The van der Waals surface area contributed by atoms with Crippen LogP contribution in [0.3, 0.4) is 0 Å². The Labute approximate surface area is 115 Å². The van der Waals surface area contributed by atoms with E-state index in [1.807, 2.05) is 38.1 Å². The van der Waals surface area contributed by atoms with E-state index >= 15 is 0 Å². The number of rotatable bonds is 2. The monoisotopic (exact) mass is 301 g/mol. The number of hydrogen-bond donors (Lipinski definition) is 0. The second-order valence-corrected chi connectivity index (χ2v) is 5.00. The van der Waals surface area contributed by atoms with Crippen molar-refractivity contribution in [2.45, 2.75) is 13.8 Å². The zero-order valence-corrected chi connectivity index (χ0v) is 11.8. The van der Waals surface area contributed by atoms with Crippen molar-refractivity contribution in [3.05, 3.63) is 57.6 Å². The molecule has 3 heteroatoms. The molecule has 0 aromatic heterocycles. The first kappa shape index (κ1) is 12.7. The van der Waals surface area contributed by atoms with Crippen molar-refractivity contribution in [2.24, 2.45) is 0 Å². The molecule has 2 nitrogen and oxygen atoms in total. The maximum atomic E-state index is 9.13. The smallest absolute Gasteiger partial charge is 0.146 e. The van der Waals surface area contributed by atoms with Crippen LogP contribution >= 0.6 is 15.9 Å². The van der Waals surface area contributed by atoms with Gasteiger partial charge in [0.2, 0.25) is 0 Å². The standard InChI is InChI=1S/C15H12BrNO/c1-10-6-11(2)8-12(7-10)18-15-5-3-4-14(16)13(15)9-17/h3-8H,1-2H3. The van der Waals surface area contributed by atoms with Gasteiger partial charge in [0.15, 0.2) is 0 Å². The minimum atomic E-state index is 0.511. The van der Waals surface area contributed by atoms with Gasteiger partial charge in [-0.05, 0) is 65.2 Å². The molecule has 0 aliphatic heterocycles. The van der Waals surface area contributed by atoms with E-state index in [2.05, 4.69) is 28.1 Å². The number of nitrogens with zero attached hydrogens (tertiary/aromatic N) is 1. The molecule has 0 unspecified atom stereocenters. The number of benzene rings is 2. The van der Waals surface area contributed by atoms with Crippen molar-refractivity contribution in [1.82, 2.24) is 0 Å². The SMILES string of the molecule is Cc1cc(C)cc(Oc2cccc(Br)c2C#N)c1. The van der Waals surface area contributed by atoms with Gasteiger partial charge in [-0.2, -0.15) is 5.26 Å². The minimum Gasteiger partial charge on any atom is -0.456 e. The van der Waals surface area contributed by atoms with Gasteiger partial charge in [0.1, 0.15) is 23.1 Å². The molecule has 0 heterocycles. The highest BCUT2D eigenvalue weighted by atomic mass is 79.9. The molecule has 0 saturated heterocycles. The molecule has 2 aromatic carbocycles. The molecule has 0 radical (unpaired) electrons. The molecule has 0 atom stereocenters. The lowest BCUT2D eigenvalue weighted by molar-refractivity contribution is 0.480. The van der Waals surface area contributed by atoms with Crippen LogP contribution in [0.2, 0.25) is 0 Å². The fourth-order valence-electron chi connectivity index (χ4n) is 1.82. The molecule has 0 N–H and O–H groups in total. The van der Waals surface area contributed by atoms with E-state index < -0.39 is 0 Å². The van der Waals surface area contributed by atoms with E-state index in [-0.39, 0.29) is 0 Å². The van der Waals surface area contributed by atoms with E-state index in [9.17, 15) is 0 Å². The predicted octanol–water partition coefficient (Wildman–Crippen LogP) is 4.73. The lowest BCUT2D eigenvalue weighted by atomic mass is 10.1. The molecule has 0 aliphatic carbocycles. The molecule has 2 rings (SSSR count). The quantitative estimate of drug-likeness (QED) is 0.803. The van der Waals surface area contributed by atoms with Gasteiger partial charge in [0, 0.05) is 4.47 Å². The van der Waals surface area contributed by atoms with Crippen molar-refractivity contribution in [1.29, 1.82) is 5.26 Å². The van der Waals surface area contributed by atoms with Crippen LogP contribution in [0.15, 0.2) is 40.9 Å². The normalized spacial score (nSPS) is 9.89. The molecule has 0 amide bonds. The number of ether oxygens (including phenoxy) is 1. The van der Waals surface area contributed by atoms with Crippen molar-refractivity contribution < 1.29 is 4.74 Å². The van der Waals surface area contributed by atoms with Gasteiger partial charge in [-0.1, -0.05) is 12.1 Å². The lowest BCUT2D eigenvalue weighted by Crippen LogP contribution is -1.90. The summed E-state index contributed by atoms with van der Waals surface area (Å²) in [6.07, 6.45) is 0. The third kappa shape index (κ3) is 2.72. The Morgan fingerprint density at radius 3 is 2.39 bits per heavy atom. The molecule has 18 heavy (non-hydrogen) atoms. The topological polar surface area (TPSA) is 33.0 Å². The first-order valence-electron chi connectivity index (χ1n) is 5.55. The first-order valence-corrected chi connectivity index (χ1v) is 6.34. The van der Waals surface area contributed by atoms with E-state index in [1.165, 1.54) is 0 Å². The average molecular weight is 302 g/mol. The van der Waals surface area contributed by atoms with Gasteiger partial charge >= 0.3 is 0 Å². The molecular weight excluding hydrogens is 290 g/mol. The number of aryl methyl sites for hydroxylation is 2. The van der Waals surface area contributed by atoms with E-state index in [0.29, 0.717) is 11.3 Å². The van der Waals surface area contributed by atoms with Gasteiger partial charge in [-0.3, -0.25) is 0 Å². The fourth-order valence-corrected chi connectivity index (χ4v) is 2.25. The van der Waals surface area contributed by atoms with Crippen LogP contribution < -0.4 is 4.74 Å². The highest BCUT2D eigenvalue weighted by Gasteiger charge is 2.08. The van der Waals surface area contributed by atoms with Crippen LogP contribution in [0.1, 0.15) is 16.7 Å². The number of halogens is 1. The summed E-state index contributed by atoms with van der Waals surface area (Å²) < 4.78 is 6.53. The Balaban J connectivity index is 2.40. The van der Waals surface area contributed by atoms with E-state index in [0.717, 1.165) is 21.3 Å². The molecule has 0 bridgehead atoms. The third-order valence-electron chi connectivity index (χ3n) is 2.51. The Kier molecular flexibility index (Phi) is 3.69. The summed E-state index contributed by atoms with van der Waals surface area (Å²) in [5.41, 5.74) is 2.79. The van der Waals surface area contributed by atoms with Crippen molar-refractivity contribution in [3.8, 4) is 17.6 Å². The summed E-state index contributed by atoms with van der Waals surface area (Å²) in [5.74, 6) is 1.32. The van der Waals surface area contributed by atoms with Gasteiger partial charge in [-0.15, -0.1) is 0 Å². The number of nitriles is 1. The fraction of sp³-hybridized carbons (Fsp3) is 0.133. The van der Waals surface area contributed by atoms with E-state index in [1.54, 1.807) is 6.07 Å². The molecule has 90 valence electrons. The summed E-state index contributed by atoms with van der Waals surface area (Å²) in [7, 11) is 0. The maximum Gasteiger partial charge on any atom is 0.146 e. The molecule has 0 spiro atoms. The van der Waals surface area contributed by atoms with Crippen molar-refractivity contribution in [2.75, 3.05) is 0 Å². The maximum absolute atomic E-state index is 9.13. The summed E-state index contributed by atoms with van der Waals surface area (Å²) >= 11 is 3.35. The Morgan fingerprint density at radius 1 is 1.11 bits per heavy atom. The molecule has 0 fully saturated rings. The highest BCUT2D eigenvalue weighted by Crippen LogP contribution is 2.30. The second kappa shape index (κ2) is 5.24. The third-order valence-corrected chi connectivity index (χ3v) is 3.17. The van der Waals surface area contributed by atoms with E-state index in [4.69, 9.17) is 10.00 Å². The van der Waals surface area contributed by atoms with Gasteiger partial charge in [0.25, 0.3) is 0 Å². The van der Waals surface area contributed by atoms with Gasteiger partial charge in [0.05, 0.1) is 0 Å². The largest absolute Gasteiger partial charge is 0.456 e. The van der Waals surface area contributed by atoms with Gasteiger partial charge in [-0.25, -0.2) is 0 Å². The molecule has 0 aliphatic rings. The Hall–Kier alpha value is -1.79. The Bertz CT molecular complexity index is 609. The number of hydrogen-bond acceptors (Lipinski definition) is 2. The van der Waals surface area contributed by atoms with Crippen molar-refractivity contribution in [3.63, 3.8) is 0 Å². The summed E-state index contributed by atoms with van der Waals surface area (Å²) in [6, 6.07) is 13.6. The lowest BCUT2D eigenvalue weighted by Gasteiger charge is -2.09. The van der Waals surface area contributed by atoms with Crippen LogP contribution in [-0.2, 0) is 0 Å². The van der Waals surface area contributed by atoms with Crippen LogP contribution in [0.5, 0.6) is 11.5 Å². The predicted molar refractivity (Wildman–Crippen MR) is 74.8 cm³/mol. The average Bonchev–Trinajstić information content (AvgIpc) is 2.27. The molecule has 0 saturated carbocycles. The summed E-state index contributed by atoms with van der Waals surface area (Å²) in [6.45, 7) is 4.04. The Morgan fingerprint density at radius 2 is 1.78 bits per heavy atom. The summed E-state index contributed by atoms with van der Waals surface area (Å²) in [5, 5.41) is 9.13. The molecule has 2 aromatic rings. The van der Waals surface area contributed by atoms with Crippen molar-refractivity contribution >= 4 is 15.9 Å². The summed E-state index contributed by atoms with van der Waals surface area (Å²) in [4.78, 5) is 0. The van der Waals surface area contributed by atoms with Gasteiger partial charge < -0.3 is 4.74 Å². The van der Waals surface area contributed by atoms with Crippen LogP contribution in [0.25, 0.3) is 0 Å². The van der Waals surface area contributed by atoms with Crippen LogP contribution in [-0.4, -0.2) is 0 Å². The zero-order valence-electron chi connectivity index (χ0n) is 10.2. The minimum absolute atomic E-state index is 0.511. The molecular formula is C15H12BrNO.